The van der Waals surface area contributed by atoms with Gasteiger partial charge in [0.15, 0.2) is 0 Å². The summed E-state index contributed by atoms with van der Waals surface area (Å²) in [7, 11) is 0. The van der Waals surface area contributed by atoms with Crippen LogP contribution in [0.1, 0.15) is 50.2 Å². The van der Waals surface area contributed by atoms with Gasteiger partial charge in [0.25, 0.3) is 0 Å². The molecule has 2 atom stereocenters. The highest BCUT2D eigenvalue weighted by molar-refractivity contribution is 5.19. The lowest BCUT2D eigenvalue weighted by molar-refractivity contribution is 0.0217. The van der Waals surface area contributed by atoms with Gasteiger partial charge in [-0.25, -0.2) is 0 Å². The molecular formula is C16H23N3O2. The van der Waals surface area contributed by atoms with Crippen molar-refractivity contribution >= 4 is 0 Å². The molecule has 0 aliphatic heterocycles. The molecule has 2 aromatic rings. The minimum Gasteiger partial charge on any atom is -0.370 e. The summed E-state index contributed by atoms with van der Waals surface area (Å²) in [5.74, 6) is 1.44. The van der Waals surface area contributed by atoms with Gasteiger partial charge in [0, 0.05) is 19.1 Å². The monoisotopic (exact) mass is 289 g/mol. The standard InChI is InChI=1S/C16H23N3O2/c1-4-20-15(11(2)3)16-18-14(21-19-16)10-13(17)12-8-6-5-7-9-12/h5-9,11,13,15H,4,10,17H2,1-3H3. The molecular weight excluding hydrogens is 266 g/mol. The molecule has 2 rings (SSSR count). The number of rotatable bonds is 7. The van der Waals surface area contributed by atoms with E-state index in [-0.39, 0.29) is 18.1 Å². The van der Waals surface area contributed by atoms with Crippen molar-refractivity contribution in [3.8, 4) is 0 Å². The van der Waals surface area contributed by atoms with Gasteiger partial charge in [0.1, 0.15) is 6.10 Å². The largest absolute Gasteiger partial charge is 0.370 e. The summed E-state index contributed by atoms with van der Waals surface area (Å²) in [5.41, 5.74) is 7.23. The van der Waals surface area contributed by atoms with Crippen LogP contribution in [0.15, 0.2) is 34.9 Å². The van der Waals surface area contributed by atoms with Crippen LogP contribution in [0.5, 0.6) is 0 Å². The Labute approximate surface area is 125 Å². The van der Waals surface area contributed by atoms with Crippen molar-refractivity contribution in [2.45, 2.75) is 39.3 Å². The van der Waals surface area contributed by atoms with Gasteiger partial charge in [-0.1, -0.05) is 49.3 Å². The van der Waals surface area contributed by atoms with Crippen molar-refractivity contribution in [2.24, 2.45) is 11.7 Å². The van der Waals surface area contributed by atoms with E-state index in [1.165, 1.54) is 0 Å². The zero-order valence-electron chi connectivity index (χ0n) is 12.8. The number of hydrogen-bond acceptors (Lipinski definition) is 5. The van der Waals surface area contributed by atoms with E-state index < -0.39 is 0 Å². The van der Waals surface area contributed by atoms with Crippen molar-refractivity contribution < 1.29 is 9.26 Å². The molecule has 0 bridgehead atoms. The van der Waals surface area contributed by atoms with Gasteiger partial charge < -0.3 is 15.0 Å². The third-order valence-electron chi connectivity index (χ3n) is 3.31. The van der Waals surface area contributed by atoms with Gasteiger partial charge in [0.05, 0.1) is 0 Å². The van der Waals surface area contributed by atoms with Crippen LogP contribution in [0.3, 0.4) is 0 Å². The molecule has 5 heteroatoms. The Morgan fingerprint density at radius 1 is 1.24 bits per heavy atom. The number of benzene rings is 1. The number of aromatic nitrogens is 2. The Morgan fingerprint density at radius 3 is 2.57 bits per heavy atom. The molecule has 5 nitrogen and oxygen atoms in total. The van der Waals surface area contributed by atoms with E-state index in [2.05, 4.69) is 24.0 Å². The fourth-order valence-corrected chi connectivity index (χ4v) is 2.22. The zero-order valence-corrected chi connectivity index (χ0v) is 12.8. The van der Waals surface area contributed by atoms with Crippen LogP contribution >= 0.6 is 0 Å². The molecule has 0 aliphatic rings. The van der Waals surface area contributed by atoms with Gasteiger partial charge in [-0.15, -0.1) is 0 Å². The van der Waals surface area contributed by atoms with E-state index in [0.29, 0.717) is 24.7 Å². The minimum atomic E-state index is -0.149. The first-order chi connectivity index (χ1) is 10.1. The second-order valence-corrected chi connectivity index (χ2v) is 5.39. The topological polar surface area (TPSA) is 74.2 Å². The third-order valence-corrected chi connectivity index (χ3v) is 3.31. The Balaban J connectivity index is 2.06. The average Bonchev–Trinajstić information content (AvgIpc) is 2.93. The summed E-state index contributed by atoms with van der Waals surface area (Å²) in [6.45, 7) is 6.73. The molecule has 0 saturated carbocycles. The lowest BCUT2D eigenvalue weighted by atomic mass is 10.0. The summed E-state index contributed by atoms with van der Waals surface area (Å²) in [6.07, 6.45) is 0.383. The lowest BCUT2D eigenvalue weighted by Crippen LogP contribution is -2.14. The molecule has 21 heavy (non-hydrogen) atoms. The fourth-order valence-electron chi connectivity index (χ4n) is 2.22. The van der Waals surface area contributed by atoms with Gasteiger partial charge in [-0.3, -0.25) is 0 Å². The second-order valence-electron chi connectivity index (χ2n) is 5.39. The number of ether oxygens (including phenoxy) is 1. The third kappa shape index (κ3) is 4.12. The molecule has 0 radical (unpaired) electrons. The van der Waals surface area contributed by atoms with Crippen molar-refractivity contribution in [2.75, 3.05) is 6.61 Å². The average molecular weight is 289 g/mol. The number of hydrogen-bond donors (Lipinski definition) is 1. The second kappa shape index (κ2) is 7.33. The van der Waals surface area contributed by atoms with Gasteiger partial charge >= 0.3 is 0 Å². The summed E-state index contributed by atoms with van der Waals surface area (Å²) in [6, 6.07) is 9.76. The van der Waals surface area contributed by atoms with Crippen molar-refractivity contribution in [1.82, 2.24) is 10.1 Å². The van der Waals surface area contributed by atoms with E-state index in [9.17, 15) is 0 Å². The van der Waals surface area contributed by atoms with E-state index in [4.69, 9.17) is 15.0 Å². The Hall–Kier alpha value is -1.72. The molecule has 114 valence electrons. The van der Waals surface area contributed by atoms with Crippen molar-refractivity contribution in [3.63, 3.8) is 0 Å². The van der Waals surface area contributed by atoms with Crippen LogP contribution in [0.4, 0.5) is 0 Å². The maximum atomic E-state index is 6.17. The normalized spacial score (nSPS) is 14.3. The predicted octanol–water partition coefficient (Wildman–Crippen LogP) is 3.05. The van der Waals surface area contributed by atoms with Crippen LogP contribution in [0.25, 0.3) is 0 Å². The van der Waals surface area contributed by atoms with Gasteiger partial charge in [-0.05, 0) is 18.4 Å². The highest BCUT2D eigenvalue weighted by atomic mass is 16.5. The van der Waals surface area contributed by atoms with Crippen LogP contribution in [-0.2, 0) is 11.2 Å². The maximum absolute atomic E-state index is 6.17. The Kier molecular flexibility index (Phi) is 5.47. The SMILES string of the molecule is CCOC(c1noc(CC(N)c2ccccc2)n1)C(C)C. The van der Waals surface area contributed by atoms with Gasteiger partial charge in [0.2, 0.25) is 11.7 Å². The van der Waals surface area contributed by atoms with E-state index in [1.54, 1.807) is 0 Å². The zero-order chi connectivity index (χ0) is 15.2. The molecule has 2 N–H and O–H groups in total. The molecule has 1 aromatic carbocycles. The molecule has 0 fully saturated rings. The Morgan fingerprint density at radius 2 is 1.95 bits per heavy atom. The quantitative estimate of drug-likeness (QED) is 0.848. The van der Waals surface area contributed by atoms with Crippen LogP contribution in [0.2, 0.25) is 0 Å². The van der Waals surface area contributed by atoms with E-state index >= 15 is 0 Å². The number of nitrogens with two attached hydrogens (primary N) is 1. The van der Waals surface area contributed by atoms with E-state index in [0.717, 1.165) is 5.56 Å². The van der Waals surface area contributed by atoms with Crippen LogP contribution < -0.4 is 5.73 Å². The molecule has 1 aromatic heterocycles. The first kappa shape index (κ1) is 15.7. The smallest absolute Gasteiger partial charge is 0.228 e. The molecule has 0 aliphatic carbocycles. The highest BCUT2D eigenvalue weighted by Crippen LogP contribution is 2.24. The van der Waals surface area contributed by atoms with Crippen molar-refractivity contribution in [3.05, 3.63) is 47.6 Å². The summed E-state index contributed by atoms with van der Waals surface area (Å²) < 4.78 is 11.0. The first-order valence-electron chi connectivity index (χ1n) is 7.36. The predicted molar refractivity (Wildman–Crippen MR) is 80.6 cm³/mol. The molecule has 0 spiro atoms. The van der Waals surface area contributed by atoms with Gasteiger partial charge in [-0.2, -0.15) is 4.98 Å². The van der Waals surface area contributed by atoms with Crippen LogP contribution in [0, 0.1) is 5.92 Å². The Bertz CT molecular complexity index is 539. The fraction of sp³-hybridized carbons (Fsp3) is 0.500. The highest BCUT2D eigenvalue weighted by Gasteiger charge is 2.22. The van der Waals surface area contributed by atoms with Crippen LogP contribution in [-0.4, -0.2) is 16.7 Å². The summed E-state index contributed by atoms with van der Waals surface area (Å²) in [5, 5.41) is 4.04. The number of nitrogens with zero attached hydrogens (tertiary/aromatic N) is 2. The van der Waals surface area contributed by atoms with E-state index in [1.807, 2.05) is 37.3 Å². The molecule has 0 saturated heterocycles. The molecule has 0 amide bonds. The van der Waals surface area contributed by atoms with Crippen molar-refractivity contribution in [1.29, 1.82) is 0 Å². The maximum Gasteiger partial charge on any atom is 0.228 e. The minimum absolute atomic E-state index is 0.138. The molecule has 2 unspecified atom stereocenters. The first-order valence-corrected chi connectivity index (χ1v) is 7.36. The summed E-state index contributed by atoms with van der Waals surface area (Å²) >= 11 is 0. The molecule has 1 heterocycles. The lowest BCUT2D eigenvalue weighted by Gasteiger charge is -2.16. The summed E-state index contributed by atoms with van der Waals surface area (Å²) in [4.78, 5) is 4.43.